The van der Waals surface area contributed by atoms with Crippen molar-refractivity contribution in [2.45, 2.75) is 39.0 Å². The number of nitrogens with zero attached hydrogens (tertiary/aromatic N) is 1. The van der Waals surface area contributed by atoms with E-state index in [1.807, 2.05) is 4.90 Å². The number of nitrogens with two attached hydrogens (primary N) is 1. The third kappa shape index (κ3) is 2.76. The SMILES string of the molecule is CCOC(=O)C1CCCN(C(=O)C2(CN)CCC2)C1. The molecule has 2 N–H and O–H groups in total. The molecule has 1 saturated heterocycles. The van der Waals surface area contributed by atoms with E-state index in [0.29, 0.717) is 19.7 Å². The van der Waals surface area contributed by atoms with Crippen LogP contribution in [0.1, 0.15) is 39.0 Å². The van der Waals surface area contributed by atoms with Crippen molar-refractivity contribution >= 4 is 11.9 Å². The summed E-state index contributed by atoms with van der Waals surface area (Å²) >= 11 is 0. The Morgan fingerprint density at radius 3 is 2.63 bits per heavy atom. The molecule has 19 heavy (non-hydrogen) atoms. The van der Waals surface area contributed by atoms with Gasteiger partial charge in [0.05, 0.1) is 17.9 Å². The summed E-state index contributed by atoms with van der Waals surface area (Å²) < 4.78 is 5.06. The van der Waals surface area contributed by atoms with E-state index in [1.165, 1.54) is 0 Å². The first kappa shape index (κ1) is 14.3. The van der Waals surface area contributed by atoms with Gasteiger partial charge in [0.15, 0.2) is 0 Å². The predicted octanol–water partition coefficient (Wildman–Crippen LogP) is 0.917. The molecule has 2 rings (SSSR count). The number of amides is 1. The van der Waals surface area contributed by atoms with Gasteiger partial charge in [-0.15, -0.1) is 0 Å². The Morgan fingerprint density at radius 1 is 1.37 bits per heavy atom. The standard InChI is InChI=1S/C14H24N2O3/c1-2-19-12(17)11-5-3-8-16(9-11)13(18)14(10-15)6-4-7-14/h11H,2-10,15H2,1H3. The molecule has 0 aromatic rings. The summed E-state index contributed by atoms with van der Waals surface area (Å²) in [6, 6.07) is 0. The molecule has 1 amide bonds. The minimum atomic E-state index is -0.337. The van der Waals surface area contributed by atoms with Gasteiger partial charge in [-0.05, 0) is 32.6 Å². The van der Waals surface area contributed by atoms with Crippen LogP contribution in [0.25, 0.3) is 0 Å². The van der Waals surface area contributed by atoms with Crippen molar-refractivity contribution in [2.24, 2.45) is 17.1 Å². The third-order valence-electron chi connectivity index (χ3n) is 4.48. The minimum absolute atomic E-state index is 0.148. The lowest BCUT2D eigenvalue weighted by molar-refractivity contribution is -0.155. The van der Waals surface area contributed by atoms with Crippen LogP contribution >= 0.6 is 0 Å². The molecule has 1 heterocycles. The smallest absolute Gasteiger partial charge is 0.310 e. The number of carbonyl (C=O) groups is 2. The molecule has 2 aliphatic rings. The highest BCUT2D eigenvalue weighted by Gasteiger charge is 2.46. The predicted molar refractivity (Wildman–Crippen MR) is 71.3 cm³/mol. The first-order valence-corrected chi connectivity index (χ1v) is 7.29. The molecule has 1 unspecified atom stereocenters. The molecule has 0 aromatic carbocycles. The minimum Gasteiger partial charge on any atom is -0.466 e. The van der Waals surface area contributed by atoms with Crippen LogP contribution in [-0.4, -0.2) is 43.0 Å². The number of carbonyl (C=O) groups excluding carboxylic acids is 2. The van der Waals surface area contributed by atoms with Crippen molar-refractivity contribution < 1.29 is 14.3 Å². The van der Waals surface area contributed by atoms with Crippen molar-refractivity contribution in [3.63, 3.8) is 0 Å². The highest BCUT2D eigenvalue weighted by atomic mass is 16.5. The molecule has 108 valence electrons. The Balaban J connectivity index is 1.97. The van der Waals surface area contributed by atoms with Gasteiger partial charge in [0.25, 0.3) is 0 Å². The van der Waals surface area contributed by atoms with Crippen LogP contribution in [-0.2, 0) is 14.3 Å². The summed E-state index contributed by atoms with van der Waals surface area (Å²) in [6.45, 7) is 3.87. The lowest BCUT2D eigenvalue weighted by Gasteiger charge is -2.44. The molecule has 0 radical (unpaired) electrons. The molecule has 1 atom stereocenters. The van der Waals surface area contributed by atoms with Gasteiger partial charge in [-0.2, -0.15) is 0 Å². The van der Waals surface area contributed by atoms with Crippen LogP contribution in [0.2, 0.25) is 0 Å². The van der Waals surface area contributed by atoms with Crippen molar-refractivity contribution in [3.05, 3.63) is 0 Å². The van der Waals surface area contributed by atoms with Gasteiger partial charge >= 0.3 is 5.97 Å². The number of esters is 1. The first-order chi connectivity index (χ1) is 9.13. The number of hydrogen-bond donors (Lipinski definition) is 1. The van der Waals surface area contributed by atoms with Crippen LogP contribution in [0.5, 0.6) is 0 Å². The summed E-state index contributed by atoms with van der Waals surface area (Å²) in [4.78, 5) is 26.2. The van der Waals surface area contributed by atoms with Crippen molar-refractivity contribution in [1.29, 1.82) is 0 Å². The molecular formula is C14H24N2O3. The number of likely N-dealkylation sites (tertiary alicyclic amines) is 1. The molecule has 5 nitrogen and oxygen atoms in total. The Bertz CT molecular complexity index is 347. The fraction of sp³-hybridized carbons (Fsp3) is 0.857. The lowest BCUT2D eigenvalue weighted by Crippen LogP contribution is -2.54. The van der Waals surface area contributed by atoms with Gasteiger partial charge in [-0.25, -0.2) is 0 Å². The lowest BCUT2D eigenvalue weighted by atomic mass is 9.67. The summed E-state index contributed by atoms with van der Waals surface area (Å²) in [6.07, 6.45) is 4.55. The maximum absolute atomic E-state index is 12.6. The number of ether oxygens (including phenoxy) is 1. The maximum Gasteiger partial charge on any atom is 0.310 e. The Hall–Kier alpha value is -1.10. The quantitative estimate of drug-likeness (QED) is 0.769. The number of piperidine rings is 1. The van der Waals surface area contributed by atoms with Gasteiger partial charge in [-0.3, -0.25) is 9.59 Å². The summed E-state index contributed by atoms with van der Waals surface area (Å²) in [5, 5.41) is 0. The fourth-order valence-corrected chi connectivity index (χ4v) is 3.06. The Labute approximate surface area is 114 Å². The van der Waals surface area contributed by atoms with Crippen LogP contribution < -0.4 is 5.73 Å². The van der Waals surface area contributed by atoms with Crippen molar-refractivity contribution in [3.8, 4) is 0 Å². The molecule has 1 aliphatic carbocycles. The molecule has 0 aromatic heterocycles. The van der Waals surface area contributed by atoms with E-state index < -0.39 is 0 Å². The Morgan fingerprint density at radius 2 is 2.11 bits per heavy atom. The maximum atomic E-state index is 12.6. The van der Waals surface area contributed by atoms with E-state index in [9.17, 15) is 9.59 Å². The van der Waals surface area contributed by atoms with E-state index in [0.717, 1.165) is 38.6 Å². The molecule has 5 heteroatoms. The molecule has 0 spiro atoms. The van der Waals surface area contributed by atoms with Crippen molar-refractivity contribution in [2.75, 3.05) is 26.2 Å². The molecular weight excluding hydrogens is 244 g/mol. The van der Waals surface area contributed by atoms with Gasteiger partial charge in [0.1, 0.15) is 0 Å². The zero-order chi connectivity index (χ0) is 13.9. The van der Waals surface area contributed by atoms with E-state index in [2.05, 4.69) is 0 Å². The second-order valence-electron chi connectivity index (χ2n) is 5.68. The average Bonchev–Trinajstić information content (AvgIpc) is 2.38. The van der Waals surface area contributed by atoms with Gasteiger partial charge in [0.2, 0.25) is 5.91 Å². The third-order valence-corrected chi connectivity index (χ3v) is 4.48. The van der Waals surface area contributed by atoms with Crippen molar-refractivity contribution in [1.82, 2.24) is 4.90 Å². The van der Waals surface area contributed by atoms with Crippen LogP contribution in [0, 0.1) is 11.3 Å². The average molecular weight is 268 g/mol. The first-order valence-electron chi connectivity index (χ1n) is 7.29. The zero-order valence-electron chi connectivity index (χ0n) is 11.7. The summed E-state index contributed by atoms with van der Waals surface area (Å²) in [7, 11) is 0. The molecule has 1 aliphatic heterocycles. The summed E-state index contributed by atoms with van der Waals surface area (Å²) in [5.41, 5.74) is 5.44. The van der Waals surface area contributed by atoms with Crippen LogP contribution in [0.4, 0.5) is 0 Å². The molecule has 1 saturated carbocycles. The fourth-order valence-electron chi connectivity index (χ4n) is 3.06. The van der Waals surface area contributed by atoms with Gasteiger partial charge in [0, 0.05) is 19.6 Å². The normalized spacial score (nSPS) is 25.6. The topological polar surface area (TPSA) is 72.6 Å². The van der Waals surface area contributed by atoms with E-state index in [1.54, 1.807) is 6.92 Å². The van der Waals surface area contributed by atoms with E-state index in [4.69, 9.17) is 10.5 Å². The van der Waals surface area contributed by atoms with Gasteiger partial charge in [-0.1, -0.05) is 6.42 Å². The molecule has 2 fully saturated rings. The number of hydrogen-bond acceptors (Lipinski definition) is 4. The Kier molecular flexibility index (Phi) is 4.45. The summed E-state index contributed by atoms with van der Waals surface area (Å²) in [5.74, 6) is -0.182. The monoisotopic (exact) mass is 268 g/mol. The second kappa shape index (κ2) is 5.90. The molecule has 0 bridgehead atoms. The van der Waals surface area contributed by atoms with Crippen LogP contribution in [0.15, 0.2) is 0 Å². The highest BCUT2D eigenvalue weighted by molar-refractivity contribution is 5.85. The number of rotatable bonds is 4. The second-order valence-corrected chi connectivity index (χ2v) is 5.68. The largest absolute Gasteiger partial charge is 0.466 e. The van der Waals surface area contributed by atoms with Crippen LogP contribution in [0.3, 0.4) is 0 Å². The van der Waals surface area contributed by atoms with E-state index >= 15 is 0 Å². The van der Waals surface area contributed by atoms with Gasteiger partial charge < -0.3 is 15.4 Å². The van der Waals surface area contributed by atoms with E-state index in [-0.39, 0.29) is 23.2 Å². The zero-order valence-corrected chi connectivity index (χ0v) is 11.7. The highest BCUT2D eigenvalue weighted by Crippen LogP contribution is 2.42.